The zero-order valence-corrected chi connectivity index (χ0v) is 14.7. The van der Waals surface area contributed by atoms with Crippen molar-refractivity contribution in [1.82, 2.24) is 9.97 Å². The normalized spacial score (nSPS) is 11.4. The third kappa shape index (κ3) is 3.52. The van der Waals surface area contributed by atoms with E-state index in [1.165, 1.54) is 18.3 Å². The first kappa shape index (κ1) is 18.6. The van der Waals surface area contributed by atoms with Gasteiger partial charge < -0.3 is 0 Å². The van der Waals surface area contributed by atoms with Crippen LogP contribution < -0.4 is 0 Å². The molecule has 4 rings (SSSR count). The average molecular weight is 393 g/mol. The lowest BCUT2D eigenvalue weighted by Gasteiger charge is -2.11. The number of fused-ring (bicyclic) bond motifs is 1. The Morgan fingerprint density at radius 1 is 0.862 bits per heavy atom. The fourth-order valence-electron chi connectivity index (χ4n) is 3.11. The molecule has 4 aromatic rings. The van der Waals surface area contributed by atoms with Crippen LogP contribution in [0.1, 0.15) is 11.3 Å². The maximum atomic E-state index is 14.5. The SMILES string of the molecule is N#Cc1cccc(-c2cc(-c3ccnc4nc(C(F)(F)F)ccc34)ccc2F)c1. The van der Waals surface area contributed by atoms with Gasteiger partial charge in [0.2, 0.25) is 0 Å². The van der Waals surface area contributed by atoms with Gasteiger partial charge in [-0.05, 0) is 59.2 Å². The predicted molar refractivity (Wildman–Crippen MR) is 100 cm³/mol. The molecule has 0 amide bonds. The summed E-state index contributed by atoms with van der Waals surface area (Å²) in [6.07, 6.45) is -3.20. The summed E-state index contributed by atoms with van der Waals surface area (Å²) < 4.78 is 53.3. The summed E-state index contributed by atoms with van der Waals surface area (Å²) in [5.41, 5.74) is 1.30. The number of halogens is 4. The molecule has 7 heteroatoms. The summed E-state index contributed by atoms with van der Waals surface area (Å²) in [6, 6.07) is 16.8. The second kappa shape index (κ2) is 6.99. The van der Waals surface area contributed by atoms with Crippen LogP contribution in [0.4, 0.5) is 17.6 Å². The summed E-state index contributed by atoms with van der Waals surface area (Å²) in [5, 5.41) is 9.49. The summed E-state index contributed by atoms with van der Waals surface area (Å²) in [6.45, 7) is 0. The molecule has 0 spiro atoms. The first-order valence-corrected chi connectivity index (χ1v) is 8.50. The van der Waals surface area contributed by atoms with Crippen LogP contribution in [0.25, 0.3) is 33.3 Å². The topological polar surface area (TPSA) is 49.6 Å². The summed E-state index contributed by atoms with van der Waals surface area (Å²) in [4.78, 5) is 7.55. The van der Waals surface area contributed by atoms with Gasteiger partial charge >= 0.3 is 6.18 Å². The highest BCUT2D eigenvalue weighted by molar-refractivity contribution is 5.93. The number of hydrogen-bond donors (Lipinski definition) is 0. The van der Waals surface area contributed by atoms with Crippen molar-refractivity contribution in [2.75, 3.05) is 0 Å². The van der Waals surface area contributed by atoms with E-state index >= 15 is 0 Å². The quantitative estimate of drug-likeness (QED) is 0.393. The zero-order valence-electron chi connectivity index (χ0n) is 14.7. The van der Waals surface area contributed by atoms with Crippen molar-refractivity contribution in [2.24, 2.45) is 0 Å². The van der Waals surface area contributed by atoms with Crippen molar-refractivity contribution in [3.63, 3.8) is 0 Å². The van der Waals surface area contributed by atoms with Gasteiger partial charge in [0.1, 0.15) is 11.5 Å². The predicted octanol–water partition coefficient (Wildman–Crippen LogP) is 5.99. The maximum absolute atomic E-state index is 14.5. The molecule has 2 aromatic heterocycles. The third-order valence-electron chi connectivity index (χ3n) is 4.47. The van der Waals surface area contributed by atoms with E-state index in [-0.39, 0.29) is 11.2 Å². The molecule has 0 saturated heterocycles. The summed E-state index contributed by atoms with van der Waals surface area (Å²) >= 11 is 0. The highest BCUT2D eigenvalue weighted by Crippen LogP contribution is 2.34. The average Bonchev–Trinajstić information content (AvgIpc) is 2.72. The van der Waals surface area contributed by atoms with E-state index in [1.807, 2.05) is 6.07 Å². The molecule has 0 atom stereocenters. The number of alkyl halides is 3. The number of nitriles is 1. The molecule has 3 nitrogen and oxygen atoms in total. The fraction of sp³-hybridized carbons (Fsp3) is 0.0455. The molecule has 0 N–H and O–H groups in total. The van der Waals surface area contributed by atoms with Gasteiger partial charge in [-0.3, -0.25) is 0 Å². The van der Waals surface area contributed by atoms with Gasteiger partial charge in [0.25, 0.3) is 0 Å². The van der Waals surface area contributed by atoms with Crippen LogP contribution >= 0.6 is 0 Å². The Bertz CT molecular complexity index is 1270. The van der Waals surface area contributed by atoms with E-state index in [0.717, 1.165) is 6.07 Å². The van der Waals surface area contributed by atoms with E-state index in [1.54, 1.807) is 42.5 Å². The van der Waals surface area contributed by atoms with Gasteiger partial charge in [-0.1, -0.05) is 18.2 Å². The molecule has 29 heavy (non-hydrogen) atoms. The van der Waals surface area contributed by atoms with Gasteiger partial charge in [0.05, 0.1) is 11.6 Å². The first-order valence-electron chi connectivity index (χ1n) is 8.50. The molecule has 0 fully saturated rings. The third-order valence-corrected chi connectivity index (χ3v) is 4.47. The van der Waals surface area contributed by atoms with Gasteiger partial charge in [-0.25, -0.2) is 14.4 Å². The molecule has 2 aromatic carbocycles. The molecule has 0 aliphatic carbocycles. The molecule has 0 aliphatic heterocycles. The molecule has 0 bridgehead atoms. The molecule has 2 heterocycles. The van der Waals surface area contributed by atoms with Gasteiger partial charge in [-0.2, -0.15) is 18.4 Å². The number of nitrogens with zero attached hydrogens (tertiary/aromatic N) is 3. The van der Waals surface area contributed by atoms with E-state index < -0.39 is 17.7 Å². The summed E-state index contributed by atoms with van der Waals surface area (Å²) in [7, 11) is 0. The Labute approximate surface area is 162 Å². The highest BCUT2D eigenvalue weighted by Gasteiger charge is 2.32. The van der Waals surface area contributed by atoms with Crippen molar-refractivity contribution in [2.45, 2.75) is 6.18 Å². The Morgan fingerprint density at radius 3 is 2.41 bits per heavy atom. The van der Waals surface area contributed by atoms with Crippen molar-refractivity contribution >= 4 is 11.0 Å². The van der Waals surface area contributed by atoms with Crippen molar-refractivity contribution in [3.8, 4) is 28.3 Å². The van der Waals surface area contributed by atoms with E-state index in [0.29, 0.717) is 27.6 Å². The van der Waals surface area contributed by atoms with Crippen LogP contribution in [0.3, 0.4) is 0 Å². The minimum atomic E-state index is -4.57. The van der Waals surface area contributed by atoms with Crippen LogP contribution in [0.2, 0.25) is 0 Å². The first-order chi connectivity index (χ1) is 13.9. The number of pyridine rings is 2. The van der Waals surface area contributed by atoms with E-state index in [2.05, 4.69) is 9.97 Å². The Morgan fingerprint density at radius 2 is 1.66 bits per heavy atom. The van der Waals surface area contributed by atoms with Gasteiger partial charge in [0, 0.05) is 17.1 Å². The zero-order chi connectivity index (χ0) is 20.6. The Hall–Kier alpha value is -3.79. The lowest BCUT2D eigenvalue weighted by atomic mass is 9.96. The Balaban J connectivity index is 1.87. The number of hydrogen-bond acceptors (Lipinski definition) is 3. The smallest absolute Gasteiger partial charge is 0.237 e. The lowest BCUT2D eigenvalue weighted by molar-refractivity contribution is -0.141. The molecule has 142 valence electrons. The molecule has 0 aliphatic rings. The van der Waals surface area contributed by atoms with Crippen molar-refractivity contribution in [1.29, 1.82) is 5.26 Å². The second-order valence-corrected chi connectivity index (χ2v) is 6.31. The van der Waals surface area contributed by atoms with Crippen LogP contribution in [0, 0.1) is 17.1 Å². The standard InChI is InChI=1S/C22H11F4N3/c23-19-6-4-15(11-18(19)14-3-1-2-13(10-14)12-27)16-8-9-28-21-17(16)5-7-20(29-21)22(24,25)26/h1-11H. The maximum Gasteiger partial charge on any atom is 0.433 e. The van der Waals surface area contributed by atoms with Crippen LogP contribution in [-0.4, -0.2) is 9.97 Å². The minimum absolute atomic E-state index is 0.0466. The molecule has 0 unspecified atom stereocenters. The number of aromatic nitrogens is 2. The van der Waals surface area contributed by atoms with Gasteiger partial charge in [0.15, 0.2) is 5.65 Å². The van der Waals surface area contributed by atoms with Crippen LogP contribution in [-0.2, 0) is 6.18 Å². The second-order valence-electron chi connectivity index (χ2n) is 6.31. The molecule has 0 radical (unpaired) electrons. The van der Waals surface area contributed by atoms with E-state index in [9.17, 15) is 17.6 Å². The number of benzene rings is 2. The fourth-order valence-corrected chi connectivity index (χ4v) is 3.11. The highest BCUT2D eigenvalue weighted by atomic mass is 19.4. The van der Waals surface area contributed by atoms with Crippen LogP contribution in [0.15, 0.2) is 66.9 Å². The lowest BCUT2D eigenvalue weighted by Crippen LogP contribution is -2.08. The van der Waals surface area contributed by atoms with E-state index in [4.69, 9.17) is 5.26 Å². The molecular weight excluding hydrogens is 382 g/mol. The molecule has 0 saturated carbocycles. The largest absolute Gasteiger partial charge is 0.433 e. The van der Waals surface area contributed by atoms with Gasteiger partial charge in [-0.15, -0.1) is 0 Å². The molecular formula is C22H11F4N3. The van der Waals surface area contributed by atoms with Crippen LogP contribution in [0.5, 0.6) is 0 Å². The van der Waals surface area contributed by atoms with Crippen molar-refractivity contribution < 1.29 is 17.6 Å². The number of rotatable bonds is 2. The monoisotopic (exact) mass is 393 g/mol. The minimum Gasteiger partial charge on any atom is -0.237 e. The summed E-state index contributed by atoms with van der Waals surface area (Å²) in [5.74, 6) is -0.473. The van der Waals surface area contributed by atoms with Crippen molar-refractivity contribution in [3.05, 3.63) is 83.9 Å². The Kier molecular flexibility index (Phi) is 4.47.